The summed E-state index contributed by atoms with van der Waals surface area (Å²) >= 11 is 11.8. The summed E-state index contributed by atoms with van der Waals surface area (Å²) in [5.41, 5.74) is -2.88. The molecule has 0 spiro atoms. The highest BCUT2D eigenvalue weighted by Gasteiger charge is 2.36. The van der Waals surface area contributed by atoms with Gasteiger partial charge < -0.3 is 15.9 Å². The van der Waals surface area contributed by atoms with E-state index in [9.17, 15) is 31.4 Å². The molecule has 0 aromatic heterocycles. The maximum Gasteiger partial charge on any atom is 0.416 e. The van der Waals surface area contributed by atoms with E-state index in [0.29, 0.717) is 17.7 Å². The van der Waals surface area contributed by atoms with Crippen LogP contribution in [0.1, 0.15) is 41.0 Å². The van der Waals surface area contributed by atoms with Gasteiger partial charge in [-0.1, -0.05) is 29.3 Å². The van der Waals surface area contributed by atoms with E-state index in [0.717, 1.165) is 0 Å². The highest BCUT2D eigenvalue weighted by Crippen LogP contribution is 2.37. The van der Waals surface area contributed by atoms with Crippen molar-refractivity contribution in [3.05, 3.63) is 68.7 Å². The molecule has 2 aromatic carbocycles. The summed E-state index contributed by atoms with van der Waals surface area (Å²) in [6.07, 6.45) is -10.9. The smallest absolute Gasteiger partial charge is 0.416 e. The second-order valence-electron chi connectivity index (χ2n) is 6.79. The van der Waals surface area contributed by atoms with Crippen LogP contribution in [0.5, 0.6) is 0 Å². The lowest BCUT2D eigenvalue weighted by Gasteiger charge is -2.22. The topological polar surface area (TPSA) is 70.8 Å². The Labute approximate surface area is 183 Å². The zero-order chi connectivity index (χ0) is 23.6. The molecule has 3 nitrogen and oxygen atoms in total. The number of alkyl halides is 6. The number of benzene rings is 2. The van der Waals surface area contributed by atoms with Crippen LogP contribution in [0.3, 0.4) is 0 Å². The Morgan fingerprint density at radius 1 is 0.871 bits per heavy atom. The molecular weight excluding hydrogens is 469 g/mol. The van der Waals surface area contributed by atoms with E-state index >= 15 is 0 Å². The minimum absolute atomic E-state index is 0.0338. The molecule has 0 aliphatic heterocycles. The molecule has 0 bridgehead atoms. The molecular formula is C20H15Cl2F6N2O-. The Hall–Kier alpha value is -2.26. The van der Waals surface area contributed by atoms with Gasteiger partial charge in [-0.3, -0.25) is 0 Å². The fraction of sp³-hybridized carbons (Fsp3) is 0.300. The van der Waals surface area contributed by atoms with E-state index in [1.54, 1.807) is 0 Å². The quantitative estimate of drug-likeness (QED) is 0.263. The monoisotopic (exact) mass is 483 g/mol. The van der Waals surface area contributed by atoms with E-state index in [1.165, 1.54) is 18.2 Å². The van der Waals surface area contributed by atoms with Gasteiger partial charge in [0.15, 0.2) is 0 Å². The van der Waals surface area contributed by atoms with Crippen molar-refractivity contribution in [2.24, 2.45) is 0 Å². The average molecular weight is 484 g/mol. The van der Waals surface area contributed by atoms with E-state index in [1.807, 2.05) is 0 Å². The molecule has 0 heterocycles. The molecule has 0 radical (unpaired) electrons. The van der Waals surface area contributed by atoms with E-state index in [2.05, 4.69) is 0 Å². The summed E-state index contributed by atoms with van der Waals surface area (Å²) in [6.45, 7) is 0. The molecule has 1 atom stereocenters. The molecule has 0 aliphatic carbocycles. The first-order valence-corrected chi connectivity index (χ1v) is 9.49. The lowest BCUT2D eigenvalue weighted by molar-refractivity contribution is -0.220. The van der Waals surface area contributed by atoms with Gasteiger partial charge >= 0.3 is 12.4 Å². The molecule has 11 heteroatoms. The Morgan fingerprint density at radius 3 is 1.87 bits per heavy atom. The molecule has 0 fully saturated rings. The molecule has 168 valence electrons. The second kappa shape index (κ2) is 9.48. The predicted octanol–water partition coefficient (Wildman–Crippen LogP) is 6.49. The molecule has 2 aromatic rings. The summed E-state index contributed by atoms with van der Waals surface area (Å²) in [5.74, 6) is -1.90. The molecule has 1 unspecified atom stereocenters. The van der Waals surface area contributed by atoms with Gasteiger partial charge in [-0.05, 0) is 66.6 Å². The highest BCUT2D eigenvalue weighted by molar-refractivity contribution is 6.42. The summed E-state index contributed by atoms with van der Waals surface area (Å²) < 4.78 is 78.0. The zero-order valence-electron chi connectivity index (χ0n) is 15.6. The number of hydrogen-bond donors (Lipinski definition) is 2. The standard InChI is InChI=1S/C20H16Cl2F6N2O/c21-15-3-2-11(7-16(15)22)14(9-18(30)31)17(29)4-1-10-5-12(19(23,24)25)8-13(6-10)20(26,27)28/h2-3,5-8,14,29H,1,4,9H2,(H2,30,31)/p-1. The minimum atomic E-state index is -4.97. The van der Waals surface area contributed by atoms with Crippen molar-refractivity contribution in [1.29, 1.82) is 10.8 Å². The second-order valence-corrected chi connectivity index (χ2v) is 7.61. The van der Waals surface area contributed by atoms with Crippen LogP contribution in [0, 0.1) is 10.8 Å². The fourth-order valence-corrected chi connectivity index (χ4v) is 3.28. The number of aryl methyl sites for hydroxylation is 1. The highest BCUT2D eigenvalue weighted by atomic mass is 35.5. The van der Waals surface area contributed by atoms with Crippen molar-refractivity contribution in [3.63, 3.8) is 0 Å². The molecule has 0 aliphatic rings. The number of nitrogens with one attached hydrogen (secondary N) is 2. The molecule has 0 saturated heterocycles. The van der Waals surface area contributed by atoms with Gasteiger partial charge in [0.1, 0.15) is 0 Å². The average Bonchev–Trinajstić information content (AvgIpc) is 2.64. The van der Waals surface area contributed by atoms with Crippen molar-refractivity contribution in [3.8, 4) is 0 Å². The van der Waals surface area contributed by atoms with E-state index in [4.69, 9.17) is 34.0 Å². The van der Waals surface area contributed by atoms with Crippen molar-refractivity contribution in [1.82, 2.24) is 0 Å². The van der Waals surface area contributed by atoms with Crippen LogP contribution < -0.4 is 5.11 Å². The fourth-order valence-electron chi connectivity index (χ4n) is 2.97. The normalized spacial score (nSPS) is 13.2. The summed E-state index contributed by atoms with van der Waals surface area (Å²) in [4.78, 5) is 0. The SMILES string of the molecule is N=C([O-])CC(C(=N)CCc1cc(C(F)(F)F)cc(C(F)(F)F)c1)c1ccc(Cl)c(Cl)c1. The van der Waals surface area contributed by atoms with Crippen molar-refractivity contribution in [2.75, 3.05) is 0 Å². The lowest BCUT2D eigenvalue weighted by atomic mass is 9.87. The van der Waals surface area contributed by atoms with Crippen LogP contribution in [0.4, 0.5) is 26.3 Å². The number of halogens is 8. The van der Waals surface area contributed by atoms with Crippen LogP contribution >= 0.6 is 23.2 Å². The van der Waals surface area contributed by atoms with E-state index < -0.39 is 41.7 Å². The molecule has 0 amide bonds. The van der Waals surface area contributed by atoms with Crippen LogP contribution in [0.25, 0.3) is 0 Å². The maximum atomic E-state index is 13.0. The third-order valence-corrected chi connectivity index (χ3v) is 5.23. The summed E-state index contributed by atoms with van der Waals surface area (Å²) in [6, 6.07) is 5.56. The number of hydrogen-bond acceptors (Lipinski definition) is 3. The van der Waals surface area contributed by atoms with Crippen LogP contribution in [0.2, 0.25) is 10.0 Å². The first-order valence-electron chi connectivity index (χ1n) is 8.73. The first-order chi connectivity index (χ1) is 14.2. The van der Waals surface area contributed by atoms with Crippen LogP contribution in [-0.2, 0) is 18.8 Å². The molecule has 0 saturated carbocycles. The Balaban J connectivity index is 2.31. The third-order valence-electron chi connectivity index (χ3n) is 4.49. The predicted molar refractivity (Wildman–Crippen MR) is 104 cm³/mol. The van der Waals surface area contributed by atoms with Gasteiger partial charge in [0.2, 0.25) is 0 Å². The van der Waals surface area contributed by atoms with Gasteiger partial charge in [-0.15, -0.1) is 0 Å². The molecule has 31 heavy (non-hydrogen) atoms. The van der Waals surface area contributed by atoms with Crippen molar-refractivity contribution >= 4 is 34.8 Å². The molecule has 2 rings (SSSR count). The first kappa shape index (κ1) is 25.0. The van der Waals surface area contributed by atoms with Crippen LogP contribution in [0.15, 0.2) is 36.4 Å². The maximum absolute atomic E-state index is 13.0. The van der Waals surface area contributed by atoms with Gasteiger partial charge in [0, 0.05) is 11.6 Å². The Morgan fingerprint density at radius 2 is 1.42 bits per heavy atom. The molecule has 2 N–H and O–H groups in total. The third kappa shape index (κ3) is 6.87. The number of rotatable bonds is 7. The van der Waals surface area contributed by atoms with Gasteiger partial charge in [-0.25, -0.2) is 0 Å². The Kier molecular flexibility index (Phi) is 7.65. The minimum Gasteiger partial charge on any atom is -0.862 e. The lowest BCUT2D eigenvalue weighted by Crippen LogP contribution is -2.23. The summed E-state index contributed by atoms with van der Waals surface area (Å²) in [5, 5.41) is 27.1. The van der Waals surface area contributed by atoms with Crippen molar-refractivity contribution in [2.45, 2.75) is 37.5 Å². The van der Waals surface area contributed by atoms with Gasteiger partial charge in [-0.2, -0.15) is 26.3 Å². The van der Waals surface area contributed by atoms with Crippen LogP contribution in [-0.4, -0.2) is 11.6 Å². The van der Waals surface area contributed by atoms with Gasteiger partial charge in [0.05, 0.1) is 21.2 Å². The van der Waals surface area contributed by atoms with Gasteiger partial charge in [0.25, 0.3) is 0 Å². The van der Waals surface area contributed by atoms with Crippen molar-refractivity contribution < 1.29 is 31.4 Å². The van der Waals surface area contributed by atoms with E-state index in [-0.39, 0.29) is 40.2 Å². The Bertz CT molecular complexity index is 956. The summed E-state index contributed by atoms with van der Waals surface area (Å²) in [7, 11) is 0. The zero-order valence-corrected chi connectivity index (χ0v) is 17.1. The largest absolute Gasteiger partial charge is 0.862 e.